The molecule has 0 saturated carbocycles. The average Bonchev–Trinajstić information content (AvgIpc) is 3.21. The molecule has 2 heterocycles. The van der Waals surface area contributed by atoms with E-state index in [-0.39, 0.29) is 6.42 Å². The Bertz CT molecular complexity index is 1020. The molecule has 3 N–H and O–H groups in total. The Kier molecular flexibility index (Phi) is 7.71. The maximum atomic E-state index is 12.3. The molecule has 0 saturated heterocycles. The van der Waals surface area contributed by atoms with Crippen molar-refractivity contribution in [3.63, 3.8) is 0 Å². The van der Waals surface area contributed by atoms with E-state index in [0.717, 1.165) is 59.6 Å². The van der Waals surface area contributed by atoms with Gasteiger partial charge < -0.3 is 15.8 Å². The molecule has 0 fully saturated rings. The summed E-state index contributed by atoms with van der Waals surface area (Å²) in [4.78, 5) is 37.6. The topological polar surface area (TPSA) is 116 Å². The number of nitrogens with one attached hydrogen (secondary N) is 1. The van der Waals surface area contributed by atoms with Gasteiger partial charge in [-0.25, -0.2) is 0 Å². The van der Waals surface area contributed by atoms with E-state index in [9.17, 15) is 14.4 Å². The predicted molar refractivity (Wildman–Crippen MR) is 124 cm³/mol. The van der Waals surface area contributed by atoms with Crippen molar-refractivity contribution in [2.75, 3.05) is 11.9 Å². The number of hydrogen-bond acceptors (Lipinski definition) is 6. The maximum absolute atomic E-state index is 12.3. The summed E-state index contributed by atoms with van der Waals surface area (Å²) in [5.41, 5.74) is 9.91. The van der Waals surface area contributed by atoms with E-state index in [1.807, 2.05) is 18.5 Å². The fraction of sp³-hybridized carbons (Fsp3) is 0.565. The van der Waals surface area contributed by atoms with Crippen molar-refractivity contribution in [2.24, 2.45) is 11.7 Å². The lowest BCUT2D eigenvalue weighted by Crippen LogP contribution is -2.23. The second kappa shape index (κ2) is 10.3. The van der Waals surface area contributed by atoms with Crippen molar-refractivity contribution in [3.8, 4) is 0 Å². The third kappa shape index (κ3) is 5.56. The SMILES string of the molecule is Cc1nn(CC(C)C)c(C)c1CCC(=O)OCC(=O)Nc1sc2c(c1C(N)=O)CCCC2. The number of carbonyl (C=O) groups is 3. The first-order valence-electron chi connectivity index (χ1n) is 11.1. The molecule has 9 heteroatoms. The first kappa shape index (κ1) is 24.0. The molecule has 0 radical (unpaired) electrons. The Morgan fingerprint density at radius 1 is 1.22 bits per heavy atom. The minimum atomic E-state index is -0.541. The van der Waals surface area contributed by atoms with Crippen LogP contribution < -0.4 is 11.1 Å². The van der Waals surface area contributed by atoms with Gasteiger partial charge >= 0.3 is 5.97 Å². The smallest absolute Gasteiger partial charge is 0.306 e. The van der Waals surface area contributed by atoms with Crippen LogP contribution in [0.25, 0.3) is 0 Å². The maximum Gasteiger partial charge on any atom is 0.306 e. The number of thiophene rings is 1. The van der Waals surface area contributed by atoms with Crippen LogP contribution in [0.3, 0.4) is 0 Å². The summed E-state index contributed by atoms with van der Waals surface area (Å²) >= 11 is 1.39. The van der Waals surface area contributed by atoms with Gasteiger partial charge in [-0.2, -0.15) is 5.10 Å². The number of esters is 1. The highest BCUT2D eigenvalue weighted by atomic mass is 32.1. The van der Waals surface area contributed by atoms with E-state index in [2.05, 4.69) is 24.3 Å². The summed E-state index contributed by atoms with van der Waals surface area (Å²) in [7, 11) is 0. The third-order valence-electron chi connectivity index (χ3n) is 5.68. The van der Waals surface area contributed by atoms with E-state index in [1.165, 1.54) is 11.3 Å². The van der Waals surface area contributed by atoms with Crippen molar-refractivity contribution in [1.29, 1.82) is 0 Å². The van der Waals surface area contributed by atoms with Gasteiger partial charge in [0.05, 0.1) is 11.3 Å². The van der Waals surface area contributed by atoms with Crippen LogP contribution in [0.1, 0.15) is 70.9 Å². The second-order valence-electron chi connectivity index (χ2n) is 8.71. The fourth-order valence-corrected chi connectivity index (χ4v) is 5.45. The zero-order chi connectivity index (χ0) is 23.4. The van der Waals surface area contributed by atoms with Crippen LogP contribution in [0.5, 0.6) is 0 Å². The summed E-state index contributed by atoms with van der Waals surface area (Å²) in [5, 5.41) is 7.72. The van der Waals surface area contributed by atoms with E-state index in [1.54, 1.807) is 0 Å². The number of hydrogen-bond donors (Lipinski definition) is 2. The highest BCUT2D eigenvalue weighted by Gasteiger charge is 2.25. The lowest BCUT2D eigenvalue weighted by molar-refractivity contribution is -0.147. The molecule has 0 aromatic carbocycles. The number of aryl methyl sites for hydroxylation is 2. The quantitative estimate of drug-likeness (QED) is 0.557. The van der Waals surface area contributed by atoms with E-state index in [4.69, 9.17) is 10.5 Å². The predicted octanol–water partition coefficient (Wildman–Crippen LogP) is 3.31. The minimum Gasteiger partial charge on any atom is -0.456 e. The molecule has 0 bridgehead atoms. The second-order valence-corrected chi connectivity index (χ2v) is 9.82. The normalized spacial score (nSPS) is 13.2. The summed E-state index contributed by atoms with van der Waals surface area (Å²) in [5.74, 6) is -0.985. The number of amides is 2. The first-order valence-corrected chi connectivity index (χ1v) is 11.9. The lowest BCUT2D eigenvalue weighted by atomic mass is 9.95. The van der Waals surface area contributed by atoms with Crippen LogP contribution >= 0.6 is 11.3 Å². The standard InChI is InChI=1S/C23H32N4O4S/c1-13(2)11-27-15(4)16(14(3)26-27)9-10-20(29)31-12-19(28)25-23-21(22(24)30)17-7-5-6-8-18(17)32-23/h13H,5-12H2,1-4H3,(H2,24,30)(H,25,28). The number of carbonyl (C=O) groups excluding carboxylic acids is 3. The molecule has 1 aliphatic rings. The van der Waals surface area contributed by atoms with E-state index >= 15 is 0 Å². The lowest BCUT2D eigenvalue weighted by Gasteiger charge is -2.11. The van der Waals surface area contributed by atoms with Gasteiger partial charge in [-0.05, 0) is 63.0 Å². The fourth-order valence-electron chi connectivity index (χ4n) is 4.14. The summed E-state index contributed by atoms with van der Waals surface area (Å²) < 4.78 is 7.14. The summed E-state index contributed by atoms with van der Waals surface area (Å²) in [6.07, 6.45) is 4.43. The average molecular weight is 461 g/mol. The molecule has 0 aliphatic heterocycles. The molecule has 0 spiro atoms. The molecule has 0 unspecified atom stereocenters. The molecule has 174 valence electrons. The highest BCUT2D eigenvalue weighted by Crippen LogP contribution is 2.37. The van der Waals surface area contributed by atoms with Gasteiger partial charge in [0.1, 0.15) is 5.00 Å². The molecular formula is C23H32N4O4S. The van der Waals surface area contributed by atoms with Gasteiger partial charge in [-0.1, -0.05) is 13.8 Å². The van der Waals surface area contributed by atoms with Crippen molar-refractivity contribution < 1.29 is 19.1 Å². The zero-order valence-corrected chi connectivity index (χ0v) is 20.1. The van der Waals surface area contributed by atoms with E-state index in [0.29, 0.717) is 22.9 Å². The molecule has 2 aromatic rings. The molecule has 8 nitrogen and oxygen atoms in total. The van der Waals surface area contributed by atoms with Gasteiger partial charge in [-0.3, -0.25) is 19.1 Å². The van der Waals surface area contributed by atoms with Crippen molar-refractivity contribution in [2.45, 2.75) is 72.8 Å². The monoisotopic (exact) mass is 460 g/mol. The zero-order valence-electron chi connectivity index (χ0n) is 19.2. The number of primary amides is 1. The van der Waals surface area contributed by atoms with Gasteiger partial charge in [-0.15, -0.1) is 11.3 Å². The summed E-state index contributed by atoms with van der Waals surface area (Å²) in [6.45, 7) is 8.65. The van der Waals surface area contributed by atoms with Crippen LogP contribution in [0.2, 0.25) is 0 Å². The molecule has 32 heavy (non-hydrogen) atoms. The number of anilines is 1. The minimum absolute atomic E-state index is 0.169. The third-order valence-corrected chi connectivity index (χ3v) is 6.89. The molecular weight excluding hydrogens is 428 g/mol. The summed E-state index contributed by atoms with van der Waals surface area (Å²) in [6, 6.07) is 0. The Morgan fingerprint density at radius 2 is 1.94 bits per heavy atom. The molecule has 2 amide bonds. The largest absolute Gasteiger partial charge is 0.456 e. The van der Waals surface area contributed by atoms with Crippen molar-refractivity contribution in [3.05, 3.63) is 33.0 Å². The van der Waals surface area contributed by atoms with Crippen LogP contribution in [0.15, 0.2) is 0 Å². The molecule has 2 aromatic heterocycles. The Labute approximate surface area is 192 Å². The Morgan fingerprint density at radius 3 is 2.62 bits per heavy atom. The van der Waals surface area contributed by atoms with Crippen LogP contribution in [-0.4, -0.2) is 34.2 Å². The van der Waals surface area contributed by atoms with E-state index < -0.39 is 24.4 Å². The number of rotatable bonds is 9. The number of fused-ring (bicyclic) bond motifs is 1. The first-order chi connectivity index (χ1) is 15.2. The van der Waals surface area contributed by atoms with Crippen molar-refractivity contribution in [1.82, 2.24) is 9.78 Å². The Balaban J connectivity index is 1.53. The number of nitrogens with zero attached hydrogens (tertiary/aromatic N) is 2. The Hall–Kier alpha value is -2.68. The molecule has 3 rings (SSSR count). The van der Waals surface area contributed by atoms with Gasteiger partial charge in [0, 0.05) is 23.5 Å². The van der Waals surface area contributed by atoms with Crippen LogP contribution in [-0.2, 0) is 40.1 Å². The number of ether oxygens (including phenoxy) is 1. The number of nitrogens with two attached hydrogens (primary N) is 1. The number of aromatic nitrogens is 2. The van der Waals surface area contributed by atoms with Crippen molar-refractivity contribution >= 4 is 34.1 Å². The van der Waals surface area contributed by atoms with Gasteiger partial charge in [0.2, 0.25) is 0 Å². The van der Waals surface area contributed by atoms with Crippen LogP contribution in [0.4, 0.5) is 5.00 Å². The van der Waals surface area contributed by atoms with Crippen LogP contribution in [0, 0.1) is 19.8 Å². The molecule has 1 aliphatic carbocycles. The molecule has 0 atom stereocenters. The highest BCUT2D eigenvalue weighted by molar-refractivity contribution is 7.17. The van der Waals surface area contributed by atoms with Gasteiger partial charge in [0.15, 0.2) is 6.61 Å². The van der Waals surface area contributed by atoms with Gasteiger partial charge in [0.25, 0.3) is 11.8 Å².